The summed E-state index contributed by atoms with van der Waals surface area (Å²) < 4.78 is 36.7. The second-order valence-electron chi connectivity index (χ2n) is 11.3. The number of phosphoric acid groups is 2. The summed E-state index contributed by atoms with van der Waals surface area (Å²) in [4.78, 5) is 30.7. The number of hydrogen-bond donors (Lipinski definition) is 3. The lowest BCUT2D eigenvalue weighted by atomic mass is 9.46. The van der Waals surface area contributed by atoms with Gasteiger partial charge in [-0.25, -0.2) is 9.13 Å². The molecule has 0 saturated heterocycles. The largest absolute Gasteiger partial charge is 0.481 e. The zero-order valence-electron chi connectivity index (χ0n) is 25.8. The molecule has 0 radical (unpaired) electrons. The van der Waals surface area contributed by atoms with Crippen LogP contribution in [0, 0.1) is 0 Å². The predicted octanol–water partition coefficient (Wildman–Crippen LogP) is 8.97. The van der Waals surface area contributed by atoms with Crippen LogP contribution in [0.25, 0.3) is 0 Å². The van der Waals surface area contributed by atoms with Crippen LogP contribution in [0.3, 0.4) is 0 Å². The van der Waals surface area contributed by atoms with E-state index < -0.39 is 32.6 Å². The van der Waals surface area contributed by atoms with E-state index >= 15 is 0 Å². The molecule has 3 N–H and O–H groups in total. The molecule has 9 heteroatoms. The third kappa shape index (κ3) is 6.38. The van der Waals surface area contributed by atoms with Crippen LogP contribution in [0.2, 0.25) is 0 Å². The summed E-state index contributed by atoms with van der Waals surface area (Å²) >= 11 is 0. The Morgan fingerprint density at radius 1 is 0.438 bits per heavy atom. The molecule has 242 valence electrons. The Bertz CT molecular complexity index is 1870. The summed E-state index contributed by atoms with van der Waals surface area (Å²) in [6.07, 6.45) is -1.40. The summed E-state index contributed by atoms with van der Waals surface area (Å²) in [6, 6.07) is 57.7. The molecule has 0 aliphatic carbocycles. The maximum absolute atomic E-state index is 13.9. The van der Waals surface area contributed by atoms with E-state index in [1.165, 1.54) is 0 Å². The third-order valence-electron chi connectivity index (χ3n) is 8.61. The fourth-order valence-electron chi connectivity index (χ4n) is 7.05. The van der Waals surface area contributed by atoms with E-state index in [1.54, 1.807) is 24.3 Å². The minimum Gasteiger partial charge on any atom is -0.302 e. The Labute approximate surface area is 280 Å². The van der Waals surface area contributed by atoms with Crippen LogP contribution in [0.4, 0.5) is 0 Å². The van der Waals surface area contributed by atoms with Crippen LogP contribution in [0.1, 0.15) is 39.5 Å². The second-order valence-corrected chi connectivity index (χ2v) is 14.1. The molecule has 0 spiro atoms. The Morgan fingerprint density at radius 2 is 0.729 bits per heavy atom. The minimum atomic E-state index is -5.48. The van der Waals surface area contributed by atoms with E-state index in [9.17, 15) is 23.8 Å². The Morgan fingerprint density at radius 3 is 1.04 bits per heavy atom. The van der Waals surface area contributed by atoms with Crippen molar-refractivity contribution in [2.75, 3.05) is 0 Å². The van der Waals surface area contributed by atoms with E-state index in [0.29, 0.717) is 16.7 Å². The Balaban J connectivity index is 1.91. The topological polar surface area (TPSA) is 113 Å². The molecular weight excluding hydrogens is 642 g/mol. The fourth-order valence-corrected chi connectivity index (χ4v) is 8.83. The zero-order valence-corrected chi connectivity index (χ0v) is 27.6. The van der Waals surface area contributed by atoms with Gasteiger partial charge in [0.05, 0.1) is 10.8 Å². The van der Waals surface area contributed by atoms with Gasteiger partial charge in [-0.05, 0) is 33.4 Å². The Hall–Kier alpha value is -4.42. The standard InChI is InChI=1S/C39H34O7P2/c40-47(41,42)46-48(43,44)45-37(31-19-7-1-8-20-31)39(35-27-15-5-16-28-35,36-29-17-6-18-30-36)38(32-21-9-2-10-22-32,33-23-11-3-12-24-33)34-25-13-4-14-26-34/h1-30,37H,(H,43,44)(H2,40,41,42). The Kier molecular flexibility index (Phi) is 9.75. The van der Waals surface area contributed by atoms with Crippen LogP contribution in [0.15, 0.2) is 182 Å². The normalized spacial score (nSPS) is 14.1. The smallest absolute Gasteiger partial charge is 0.302 e. The van der Waals surface area contributed by atoms with Crippen molar-refractivity contribution in [3.05, 3.63) is 215 Å². The third-order valence-corrected chi connectivity index (χ3v) is 10.8. The first-order chi connectivity index (χ1) is 23.2. The SMILES string of the molecule is O=P(O)(O)OP(=O)(O)OC(c1ccccc1)C(c1ccccc1)(c1ccccc1)C(c1ccccc1)(c1ccccc1)c1ccccc1. The highest BCUT2D eigenvalue weighted by atomic mass is 31.3. The van der Waals surface area contributed by atoms with E-state index in [0.717, 1.165) is 16.7 Å². The van der Waals surface area contributed by atoms with Crippen LogP contribution >= 0.6 is 15.6 Å². The number of hydrogen-bond acceptors (Lipinski definition) is 4. The molecular formula is C39H34O7P2. The average Bonchev–Trinajstić information content (AvgIpc) is 3.11. The molecule has 6 aromatic rings. The van der Waals surface area contributed by atoms with Gasteiger partial charge in [-0.2, -0.15) is 4.31 Å². The van der Waals surface area contributed by atoms with Crippen molar-refractivity contribution in [3.8, 4) is 0 Å². The lowest BCUT2D eigenvalue weighted by molar-refractivity contribution is 0.0589. The summed E-state index contributed by atoms with van der Waals surface area (Å²) in [7, 11) is -11.0. The molecule has 7 nitrogen and oxygen atoms in total. The first-order valence-electron chi connectivity index (χ1n) is 15.3. The van der Waals surface area contributed by atoms with Crippen molar-refractivity contribution in [2.45, 2.75) is 16.9 Å². The van der Waals surface area contributed by atoms with Crippen molar-refractivity contribution in [2.24, 2.45) is 0 Å². The maximum atomic E-state index is 13.9. The fraction of sp³-hybridized carbons (Fsp3) is 0.0769. The van der Waals surface area contributed by atoms with Crippen molar-refractivity contribution in [1.29, 1.82) is 0 Å². The molecule has 0 aliphatic heterocycles. The van der Waals surface area contributed by atoms with Crippen molar-refractivity contribution >= 4 is 15.6 Å². The monoisotopic (exact) mass is 676 g/mol. The number of phosphoric ester groups is 1. The van der Waals surface area contributed by atoms with Gasteiger partial charge >= 0.3 is 15.6 Å². The van der Waals surface area contributed by atoms with Gasteiger partial charge in [0, 0.05) is 0 Å². The highest BCUT2D eigenvalue weighted by molar-refractivity contribution is 7.60. The van der Waals surface area contributed by atoms with Crippen molar-refractivity contribution in [3.63, 3.8) is 0 Å². The van der Waals surface area contributed by atoms with Gasteiger partial charge in [0.15, 0.2) is 0 Å². The van der Waals surface area contributed by atoms with E-state index in [2.05, 4.69) is 4.31 Å². The zero-order chi connectivity index (χ0) is 33.7. The van der Waals surface area contributed by atoms with Gasteiger partial charge in [-0.15, -0.1) is 0 Å². The van der Waals surface area contributed by atoms with E-state index in [4.69, 9.17) is 4.52 Å². The summed E-state index contributed by atoms with van der Waals surface area (Å²) in [5.74, 6) is 0. The van der Waals surface area contributed by atoms with Gasteiger partial charge in [-0.3, -0.25) is 4.52 Å². The van der Waals surface area contributed by atoms with E-state index in [-0.39, 0.29) is 0 Å². The highest BCUT2D eigenvalue weighted by Gasteiger charge is 2.62. The molecule has 2 atom stereocenters. The summed E-state index contributed by atoms with van der Waals surface area (Å²) in [5.41, 5.74) is 1.69. The van der Waals surface area contributed by atoms with Gasteiger partial charge in [-0.1, -0.05) is 182 Å². The molecule has 0 aromatic heterocycles. The quantitative estimate of drug-likeness (QED) is 0.0876. The minimum absolute atomic E-state index is 0.473. The van der Waals surface area contributed by atoms with Crippen LogP contribution < -0.4 is 0 Å². The second kappa shape index (κ2) is 14.0. The highest BCUT2D eigenvalue weighted by Crippen LogP contribution is 2.68. The molecule has 48 heavy (non-hydrogen) atoms. The molecule has 0 aliphatic rings. The molecule has 0 heterocycles. The lowest BCUT2D eigenvalue weighted by Gasteiger charge is -2.56. The van der Waals surface area contributed by atoms with Crippen molar-refractivity contribution < 1.29 is 32.6 Å². The lowest BCUT2D eigenvalue weighted by Crippen LogP contribution is -2.56. The first-order valence-corrected chi connectivity index (χ1v) is 18.3. The van der Waals surface area contributed by atoms with Gasteiger partial charge in [0.1, 0.15) is 6.10 Å². The molecule has 6 rings (SSSR count). The summed E-state index contributed by atoms with van der Waals surface area (Å²) in [6.45, 7) is 0. The molecule has 2 unspecified atom stereocenters. The average molecular weight is 677 g/mol. The molecule has 0 amide bonds. The first kappa shape index (κ1) is 33.5. The molecule has 0 fully saturated rings. The predicted molar refractivity (Wildman–Crippen MR) is 186 cm³/mol. The van der Waals surface area contributed by atoms with Crippen LogP contribution in [-0.2, 0) is 28.8 Å². The number of benzene rings is 6. The van der Waals surface area contributed by atoms with Crippen molar-refractivity contribution in [1.82, 2.24) is 0 Å². The van der Waals surface area contributed by atoms with Gasteiger partial charge < -0.3 is 14.7 Å². The van der Waals surface area contributed by atoms with Crippen LogP contribution in [0.5, 0.6) is 0 Å². The number of rotatable bonds is 12. The molecule has 0 saturated carbocycles. The van der Waals surface area contributed by atoms with E-state index in [1.807, 2.05) is 158 Å². The van der Waals surface area contributed by atoms with Gasteiger partial charge in [0.25, 0.3) is 0 Å². The maximum Gasteiger partial charge on any atom is 0.481 e. The van der Waals surface area contributed by atoms with Crippen LogP contribution in [-0.4, -0.2) is 14.7 Å². The molecule has 6 aromatic carbocycles. The molecule has 0 bridgehead atoms. The summed E-state index contributed by atoms with van der Waals surface area (Å²) in [5, 5.41) is 0. The van der Waals surface area contributed by atoms with Gasteiger partial charge in [0.2, 0.25) is 0 Å².